The number of ether oxygens (including phenoxy) is 1. The molecule has 7 nitrogen and oxygen atoms in total. The summed E-state index contributed by atoms with van der Waals surface area (Å²) in [5.74, 6) is -0.112. The van der Waals surface area contributed by atoms with Gasteiger partial charge in [0.2, 0.25) is 18.0 Å². The van der Waals surface area contributed by atoms with Crippen molar-refractivity contribution in [2.75, 3.05) is 0 Å². The predicted molar refractivity (Wildman–Crippen MR) is 99.9 cm³/mol. The summed E-state index contributed by atoms with van der Waals surface area (Å²) in [7, 11) is 0. The van der Waals surface area contributed by atoms with Gasteiger partial charge in [0.15, 0.2) is 0 Å². The largest absolute Gasteiger partial charge is 0.445 e. The fourth-order valence-corrected chi connectivity index (χ4v) is 3.15. The average molecular weight is 361 g/mol. The number of para-hydroxylation sites is 1. The molecule has 134 valence electrons. The minimum atomic E-state index is -0.988. The molecule has 3 aromatic rings. The van der Waals surface area contributed by atoms with Gasteiger partial charge in [0.1, 0.15) is 0 Å². The van der Waals surface area contributed by atoms with Crippen LogP contribution in [-0.2, 0) is 9.53 Å². The number of amides is 1. The van der Waals surface area contributed by atoms with Gasteiger partial charge < -0.3 is 4.74 Å². The van der Waals surface area contributed by atoms with E-state index in [0.717, 1.165) is 21.3 Å². The molecule has 1 heterocycles. The molecular weight excluding hydrogens is 346 g/mol. The Hall–Kier alpha value is -3.74. The Morgan fingerprint density at radius 2 is 1.78 bits per heavy atom. The monoisotopic (exact) mass is 361 g/mol. The van der Waals surface area contributed by atoms with Gasteiger partial charge in [-0.3, -0.25) is 14.9 Å². The van der Waals surface area contributed by atoms with E-state index in [1.807, 2.05) is 42.5 Å². The van der Waals surface area contributed by atoms with Crippen LogP contribution in [-0.4, -0.2) is 21.7 Å². The quantitative estimate of drug-likeness (QED) is 0.521. The maximum absolute atomic E-state index is 12.1. The standard InChI is InChI=1S/C20H15N3O4/c1-13(24)22-20(17-10-4-5-12-18(17)23(25)26)27-19(21-22)16-11-6-8-14-7-2-3-9-15(14)16/h2-12,20H,1H3/t20-/m0/s1. The van der Waals surface area contributed by atoms with Crippen molar-refractivity contribution in [2.45, 2.75) is 13.2 Å². The van der Waals surface area contributed by atoms with E-state index in [-0.39, 0.29) is 23.1 Å². The molecule has 1 atom stereocenters. The summed E-state index contributed by atoms with van der Waals surface area (Å²) in [6.07, 6.45) is -0.988. The van der Waals surface area contributed by atoms with Gasteiger partial charge in [-0.05, 0) is 22.9 Å². The fourth-order valence-electron chi connectivity index (χ4n) is 3.15. The second-order valence-electron chi connectivity index (χ2n) is 6.08. The van der Waals surface area contributed by atoms with E-state index in [1.54, 1.807) is 18.2 Å². The molecule has 27 heavy (non-hydrogen) atoms. The molecule has 1 aliphatic rings. The Balaban J connectivity index is 1.81. The zero-order valence-corrected chi connectivity index (χ0v) is 14.4. The van der Waals surface area contributed by atoms with Crippen LogP contribution >= 0.6 is 0 Å². The van der Waals surface area contributed by atoms with Gasteiger partial charge in [-0.1, -0.05) is 48.5 Å². The highest BCUT2D eigenvalue weighted by Gasteiger charge is 2.37. The summed E-state index contributed by atoms with van der Waals surface area (Å²) in [4.78, 5) is 23.0. The van der Waals surface area contributed by atoms with E-state index in [1.165, 1.54) is 13.0 Å². The molecule has 1 aliphatic heterocycles. The second kappa shape index (κ2) is 6.53. The molecule has 0 aromatic heterocycles. The Morgan fingerprint density at radius 3 is 2.56 bits per heavy atom. The number of benzene rings is 3. The summed E-state index contributed by atoms with van der Waals surface area (Å²) in [5, 5.41) is 18.8. The first kappa shape index (κ1) is 16.7. The van der Waals surface area contributed by atoms with Crippen molar-refractivity contribution in [1.82, 2.24) is 5.01 Å². The van der Waals surface area contributed by atoms with E-state index in [4.69, 9.17) is 4.74 Å². The summed E-state index contributed by atoms with van der Waals surface area (Å²) < 4.78 is 5.96. The van der Waals surface area contributed by atoms with E-state index >= 15 is 0 Å². The van der Waals surface area contributed by atoms with Crippen molar-refractivity contribution in [1.29, 1.82) is 0 Å². The van der Waals surface area contributed by atoms with Crippen LogP contribution in [0.5, 0.6) is 0 Å². The number of carbonyl (C=O) groups excluding carboxylic acids is 1. The highest BCUT2D eigenvalue weighted by atomic mass is 16.6. The van der Waals surface area contributed by atoms with Gasteiger partial charge >= 0.3 is 0 Å². The van der Waals surface area contributed by atoms with Crippen LogP contribution in [0.3, 0.4) is 0 Å². The maximum Gasteiger partial charge on any atom is 0.278 e. The highest BCUT2D eigenvalue weighted by molar-refractivity contribution is 6.07. The first-order valence-corrected chi connectivity index (χ1v) is 8.33. The van der Waals surface area contributed by atoms with Crippen molar-refractivity contribution < 1.29 is 14.5 Å². The first-order chi connectivity index (χ1) is 13.1. The first-order valence-electron chi connectivity index (χ1n) is 8.33. The highest BCUT2D eigenvalue weighted by Crippen LogP contribution is 2.36. The van der Waals surface area contributed by atoms with Gasteiger partial charge in [0.05, 0.1) is 10.5 Å². The van der Waals surface area contributed by atoms with E-state index in [0.29, 0.717) is 0 Å². The van der Waals surface area contributed by atoms with Crippen LogP contribution in [0.25, 0.3) is 10.8 Å². The fraction of sp³-hybridized carbons (Fsp3) is 0.100. The van der Waals surface area contributed by atoms with E-state index < -0.39 is 11.2 Å². The van der Waals surface area contributed by atoms with Gasteiger partial charge in [-0.25, -0.2) is 0 Å². The van der Waals surface area contributed by atoms with Crippen molar-refractivity contribution in [3.8, 4) is 0 Å². The molecule has 0 radical (unpaired) electrons. The third-order valence-corrected chi connectivity index (χ3v) is 4.39. The molecule has 1 amide bonds. The minimum absolute atomic E-state index is 0.122. The molecule has 4 rings (SSSR count). The van der Waals surface area contributed by atoms with Crippen LogP contribution in [0.1, 0.15) is 24.3 Å². The molecule has 0 fully saturated rings. The molecule has 0 bridgehead atoms. The Bertz CT molecular complexity index is 1090. The van der Waals surface area contributed by atoms with Gasteiger partial charge in [0.25, 0.3) is 5.69 Å². The molecule has 0 saturated carbocycles. The van der Waals surface area contributed by atoms with Crippen LogP contribution in [0.15, 0.2) is 71.8 Å². The normalized spacial score (nSPS) is 16.1. The molecular formula is C20H15N3O4. The van der Waals surface area contributed by atoms with Crippen LogP contribution < -0.4 is 0 Å². The Kier molecular flexibility index (Phi) is 4.04. The molecule has 0 aliphatic carbocycles. The number of nitro benzene ring substituents is 1. The Labute approximate surface area is 154 Å². The number of rotatable bonds is 3. The lowest BCUT2D eigenvalue weighted by Gasteiger charge is -2.19. The van der Waals surface area contributed by atoms with Crippen LogP contribution in [0.4, 0.5) is 5.69 Å². The lowest BCUT2D eigenvalue weighted by Crippen LogP contribution is -2.25. The van der Waals surface area contributed by atoms with Gasteiger partial charge in [-0.15, -0.1) is 5.10 Å². The lowest BCUT2D eigenvalue weighted by molar-refractivity contribution is -0.386. The van der Waals surface area contributed by atoms with Crippen molar-refractivity contribution in [3.63, 3.8) is 0 Å². The summed E-state index contributed by atoms with van der Waals surface area (Å²) in [6, 6.07) is 19.6. The zero-order chi connectivity index (χ0) is 19.0. The molecule has 0 N–H and O–H groups in total. The number of nitro groups is 1. The van der Waals surface area contributed by atoms with Crippen molar-refractivity contribution in [3.05, 3.63) is 88.0 Å². The molecule has 0 unspecified atom stereocenters. The predicted octanol–water partition coefficient (Wildman–Crippen LogP) is 3.99. The number of fused-ring (bicyclic) bond motifs is 1. The minimum Gasteiger partial charge on any atom is -0.445 e. The molecule has 0 saturated heterocycles. The molecule has 0 spiro atoms. The number of nitrogens with zero attached hydrogens (tertiary/aromatic N) is 3. The van der Waals surface area contributed by atoms with Gasteiger partial charge in [-0.2, -0.15) is 5.01 Å². The number of carbonyl (C=O) groups is 1. The van der Waals surface area contributed by atoms with Crippen molar-refractivity contribution >= 4 is 28.3 Å². The second-order valence-corrected chi connectivity index (χ2v) is 6.08. The summed E-state index contributed by atoms with van der Waals surface area (Å²) in [6.45, 7) is 1.35. The van der Waals surface area contributed by atoms with Gasteiger partial charge in [0, 0.05) is 18.6 Å². The smallest absolute Gasteiger partial charge is 0.278 e. The number of hydrazone groups is 1. The average Bonchev–Trinajstić information content (AvgIpc) is 3.13. The topological polar surface area (TPSA) is 85.0 Å². The van der Waals surface area contributed by atoms with E-state index in [9.17, 15) is 14.9 Å². The lowest BCUT2D eigenvalue weighted by atomic mass is 10.0. The molecule has 7 heteroatoms. The third-order valence-electron chi connectivity index (χ3n) is 4.39. The number of hydrogen-bond donors (Lipinski definition) is 0. The van der Waals surface area contributed by atoms with Crippen molar-refractivity contribution in [2.24, 2.45) is 5.10 Å². The molecule has 3 aromatic carbocycles. The maximum atomic E-state index is 12.1. The van der Waals surface area contributed by atoms with Crippen LogP contribution in [0.2, 0.25) is 0 Å². The zero-order valence-electron chi connectivity index (χ0n) is 14.4. The third kappa shape index (κ3) is 2.89. The summed E-state index contributed by atoms with van der Waals surface area (Å²) >= 11 is 0. The SMILES string of the molecule is CC(=O)N1N=C(c2cccc3ccccc23)O[C@H]1c1ccccc1[N+](=O)[O-]. The van der Waals surface area contributed by atoms with Crippen LogP contribution in [0, 0.1) is 10.1 Å². The summed E-state index contributed by atoms with van der Waals surface area (Å²) in [5.41, 5.74) is 0.875. The van der Waals surface area contributed by atoms with E-state index in [2.05, 4.69) is 5.10 Å². The number of hydrogen-bond acceptors (Lipinski definition) is 5. The Morgan fingerprint density at radius 1 is 1.07 bits per heavy atom.